The summed E-state index contributed by atoms with van der Waals surface area (Å²) in [5, 5.41) is 20.1. The van der Waals surface area contributed by atoms with Crippen LogP contribution in [0.4, 0.5) is 0 Å². The fourth-order valence-corrected chi connectivity index (χ4v) is 3.18. The number of carbonyl (C=O) groups excluding carboxylic acids is 1. The van der Waals surface area contributed by atoms with Gasteiger partial charge in [0.1, 0.15) is 0 Å². The van der Waals surface area contributed by atoms with E-state index in [1.54, 1.807) is 17.4 Å². The van der Waals surface area contributed by atoms with Crippen LogP contribution in [0.15, 0.2) is 48.0 Å². The van der Waals surface area contributed by atoms with E-state index in [1.807, 2.05) is 53.2 Å². The van der Waals surface area contributed by atoms with Crippen LogP contribution in [0.3, 0.4) is 0 Å². The summed E-state index contributed by atoms with van der Waals surface area (Å²) in [6.07, 6.45) is 1.87. The highest BCUT2D eigenvalue weighted by molar-refractivity contribution is 7.13. The minimum atomic E-state index is -0.295. The molecule has 0 aliphatic carbocycles. The number of fused-ring (bicyclic) bond motifs is 1. The van der Waals surface area contributed by atoms with Gasteiger partial charge in [0, 0.05) is 6.20 Å². The van der Waals surface area contributed by atoms with Gasteiger partial charge in [0.2, 0.25) is 0 Å². The molecule has 4 rings (SSSR count). The zero-order chi connectivity index (χ0) is 16.5. The van der Waals surface area contributed by atoms with E-state index in [9.17, 15) is 4.79 Å². The topological polar surface area (TPSA) is 88.0 Å². The molecule has 0 radical (unpaired) electrons. The molecular formula is C16H14N6OS. The van der Waals surface area contributed by atoms with Crippen LogP contribution in [0.25, 0.3) is 16.2 Å². The molecule has 7 nitrogen and oxygen atoms in total. The summed E-state index contributed by atoms with van der Waals surface area (Å²) in [7, 11) is 0. The van der Waals surface area contributed by atoms with Gasteiger partial charge in [-0.25, -0.2) is 0 Å². The number of amides is 1. The van der Waals surface area contributed by atoms with Crippen LogP contribution in [0, 0.1) is 0 Å². The van der Waals surface area contributed by atoms with E-state index in [0.29, 0.717) is 11.5 Å². The highest BCUT2D eigenvalue weighted by atomic mass is 32.1. The highest BCUT2D eigenvalue weighted by Crippen LogP contribution is 2.23. The summed E-state index contributed by atoms with van der Waals surface area (Å²) in [5.74, 6) is 0.419. The zero-order valence-corrected chi connectivity index (χ0v) is 13.6. The molecule has 4 aromatic heterocycles. The molecule has 0 aromatic carbocycles. The fourth-order valence-electron chi connectivity index (χ4n) is 2.49. The van der Waals surface area contributed by atoms with Crippen LogP contribution in [-0.4, -0.2) is 30.7 Å². The molecule has 4 heterocycles. The third-order valence-electron chi connectivity index (χ3n) is 3.67. The number of H-pyrrole nitrogens is 1. The van der Waals surface area contributed by atoms with Crippen molar-refractivity contribution < 1.29 is 4.79 Å². The summed E-state index contributed by atoms with van der Waals surface area (Å²) >= 11 is 1.59. The Morgan fingerprint density at radius 1 is 1.29 bits per heavy atom. The number of pyridine rings is 1. The molecule has 0 saturated carbocycles. The maximum absolute atomic E-state index is 12.4. The van der Waals surface area contributed by atoms with E-state index in [1.165, 1.54) is 0 Å². The van der Waals surface area contributed by atoms with Crippen LogP contribution in [-0.2, 0) is 0 Å². The molecule has 0 unspecified atom stereocenters. The second-order valence-electron chi connectivity index (χ2n) is 5.33. The fraction of sp³-hybridized carbons (Fsp3) is 0.125. The van der Waals surface area contributed by atoms with Gasteiger partial charge in [0.05, 0.1) is 16.6 Å². The number of aromatic nitrogens is 5. The van der Waals surface area contributed by atoms with E-state index in [0.717, 1.165) is 16.2 Å². The second-order valence-corrected chi connectivity index (χ2v) is 6.27. The van der Waals surface area contributed by atoms with E-state index in [4.69, 9.17) is 0 Å². The summed E-state index contributed by atoms with van der Waals surface area (Å²) in [6.45, 7) is 1.87. The van der Waals surface area contributed by atoms with Crippen molar-refractivity contribution in [3.63, 3.8) is 0 Å². The Morgan fingerprint density at radius 2 is 2.21 bits per heavy atom. The van der Waals surface area contributed by atoms with Crippen LogP contribution in [0.2, 0.25) is 0 Å². The molecule has 120 valence electrons. The number of hydrogen-bond donors (Lipinski definition) is 2. The van der Waals surface area contributed by atoms with Crippen molar-refractivity contribution in [3.8, 4) is 10.6 Å². The van der Waals surface area contributed by atoms with Crippen molar-refractivity contribution in [1.29, 1.82) is 0 Å². The largest absolute Gasteiger partial charge is 0.341 e. The molecular weight excluding hydrogens is 324 g/mol. The van der Waals surface area contributed by atoms with Crippen molar-refractivity contribution in [2.45, 2.75) is 13.0 Å². The van der Waals surface area contributed by atoms with Gasteiger partial charge in [-0.2, -0.15) is 5.10 Å². The Kier molecular flexibility index (Phi) is 3.58. The Balaban J connectivity index is 1.53. The first-order valence-electron chi connectivity index (χ1n) is 7.42. The number of hydrogen-bond acceptors (Lipinski definition) is 5. The summed E-state index contributed by atoms with van der Waals surface area (Å²) < 4.78 is 1.85. The third-order valence-corrected chi connectivity index (χ3v) is 4.58. The van der Waals surface area contributed by atoms with Crippen LogP contribution >= 0.6 is 11.3 Å². The summed E-state index contributed by atoms with van der Waals surface area (Å²) in [5.41, 5.74) is 1.92. The molecule has 0 fully saturated rings. The highest BCUT2D eigenvalue weighted by Gasteiger charge is 2.18. The van der Waals surface area contributed by atoms with Gasteiger partial charge in [-0.05, 0) is 36.6 Å². The molecule has 0 bridgehead atoms. The van der Waals surface area contributed by atoms with Gasteiger partial charge in [-0.1, -0.05) is 12.1 Å². The first kappa shape index (κ1) is 14.6. The van der Waals surface area contributed by atoms with Crippen molar-refractivity contribution >= 4 is 22.9 Å². The van der Waals surface area contributed by atoms with Crippen LogP contribution < -0.4 is 5.32 Å². The lowest BCUT2D eigenvalue weighted by Crippen LogP contribution is -2.28. The molecule has 1 amide bonds. The second kappa shape index (κ2) is 5.89. The molecule has 8 heteroatoms. The van der Waals surface area contributed by atoms with Gasteiger partial charge in [-0.3, -0.25) is 14.3 Å². The van der Waals surface area contributed by atoms with Gasteiger partial charge >= 0.3 is 0 Å². The van der Waals surface area contributed by atoms with E-state index >= 15 is 0 Å². The number of rotatable bonds is 4. The number of nitrogens with zero attached hydrogens (tertiary/aromatic N) is 4. The summed E-state index contributed by atoms with van der Waals surface area (Å²) in [6, 6.07) is 11.0. The number of aromatic amines is 1. The monoisotopic (exact) mass is 338 g/mol. The van der Waals surface area contributed by atoms with Gasteiger partial charge in [0.15, 0.2) is 17.2 Å². The quantitative estimate of drug-likeness (QED) is 0.599. The van der Waals surface area contributed by atoms with E-state index < -0.39 is 0 Å². The first-order valence-corrected chi connectivity index (χ1v) is 8.30. The van der Waals surface area contributed by atoms with Gasteiger partial charge < -0.3 is 5.32 Å². The predicted octanol–water partition coefficient (Wildman–Crippen LogP) is 2.67. The standard InChI is InChI=1S/C16H14N6OS/c1-10(15-21-20-14-6-2-3-7-22(14)15)17-16(23)12-9-11(18-19-12)13-5-4-8-24-13/h2-10H,1H3,(H,17,23)(H,18,19)/t10-/m1/s1. The Labute approximate surface area is 141 Å². The molecule has 0 spiro atoms. The number of thiophene rings is 1. The lowest BCUT2D eigenvalue weighted by atomic mass is 10.2. The zero-order valence-electron chi connectivity index (χ0n) is 12.8. The van der Waals surface area contributed by atoms with Gasteiger partial charge in [-0.15, -0.1) is 21.5 Å². The van der Waals surface area contributed by atoms with Crippen LogP contribution in [0.5, 0.6) is 0 Å². The van der Waals surface area contributed by atoms with Crippen molar-refractivity contribution in [2.24, 2.45) is 0 Å². The Morgan fingerprint density at radius 3 is 3.04 bits per heavy atom. The maximum Gasteiger partial charge on any atom is 0.272 e. The maximum atomic E-state index is 12.4. The normalized spacial score (nSPS) is 12.4. The van der Waals surface area contributed by atoms with E-state index in [-0.39, 0.29) is 11.9 Å². The Bertz CT molecular complexity index is 987. The molecule has 2 N–H and O–H groups in total. The average Bonchev–Trinajstić information content (AvgIpc) is 3.33. The van der Waals surface area contributed by atoms with Crippen molar-refractivity contribution in [2.75, 3.05) is 0 Å². The van der Waals surface area contributed by atoms with Crippen molar-refractivity contribution in [3.05, 3.63) is 59.5 Å². The molecule has 0 aliphatic rings. The minimum Gasteiger partial charge on any atom is -0.341 e. The van der Waals surface area contributed by atoms with E-state index in [2.05, 4.69) is 25.7 Å². The Hall–Kier alpha value is -3.00. The van der Waals surface area contributed by atoms with Crippen molar-refractivity contribution in [1.82, 2.24) is 30.1 Å². The lowest BCUT2D eigenvalue weighted by molar-refractivity contribution is 0.0933. The van der Waals surface area contributed by atoms with Gasteiger partial charge in [0.25, 0.3) is 5.91 Å². The van der Waals surface area contributed by atoms with Crippen LogP contribution in [0.1, 0.15) is 29.3 Å². The molecule has 4 aromatic rings. The molecule has 0 aliphatic heterocycles. The third kappa shape index (κ3) is 2.56. The molecule has 0 saturated heterocycles. The first-order chi connectivity index (χ1) is 11.7. The summed E-state index contributed by atoms with van der Waals surface area (Å²) in [4.78, 5) is 13.5. The average molecular weight is 338 g/mol. The molecule has 1 atom stereocenters. The minimum absolute atomic E-state index is 0.255. The molecule has 24 heavy (non-hydrogen) atoms. The predicted molar refractivity (Wildman–Crippen MR) is 90.8 cm³/mol. The SMILES string of the molecule is C[C@@H](NC(=O)c1cc(-c2cccs2)[nH]n1)c1nnc2ccccn12. The number of carbonyl (C=O) groups is 1. The number of nitrogens with one attached hydrogen (secondary N) is 2. The smallest absolute Gasteiger partial charge is 0.272 e. The lowest BCUT2D eigenvalue weighted by Gasteiger charge is -2.11.